The minimum absolute atomic E-state index is 0.661. The summed E-state index contributed by atoms with van der Waals surface area (Å²) in [6.45, 7) is 7.73. The molecule has 154 valence electrons. The van der Waals surface area contributed by atoms with Crippen LogP contribution >= 0.6 is 36.9 Å². The molecule has 0 aromatic heterocycles. The monoisotopic (exact) mass is 429 g/mol. The van der Waals surface area contributed by atoms with Gasteiger partial charge in [-0.3, -0.25) is 0 Å². The maximum atomic E-state index is 6.09. The highest BCUT2D eigenvalue weighted by atomic mass is 35.5. The average molecular weight is 430 g/mol. The molecule has 2 atom stereocenters. The molecule has 0 spiro atoms. The first-order valence-electron chi connectivity index (χ1n) is 10.2. The summed E-state index contributed by atoms with van der Waals surface area (Å²) in [5.41, 5.74) is 1.46. The topological polar surface area (TPSA) is 18.5 Å². The first-order chi connectivity index (χ1) is 13.1. The molecule has 0 aliphatic carbocycles. The highest BCUT2D eigenvalue weighted by Gasteiger charge is 2.28. The number of halogens is 1. The van der Waals surface area contributed by atoms with E-state index in [-0.39, 0.29) is 0 Å². The third-order valence-electron chi connectivity index (χ3n) is 5.59. The fourth-order valence-corrected chi connectivity index (χ4v) is 4.72. The number of nitrogens with one attached hydrogen (secondary N) is 1. The molecular formula is C21H36ClN3S2. The fraction of sp³-hybridized carbons (Fsp3) is 0.714. The molecule has 2 rings (SSSR count). The number of benzene rings is 1. The first-order valence-corrected chi connectivity index (χ1v) is 11.9. The lowest BCUT2D eigenvalue weighted by molar-refractivity contribution is 0.167. The zero-order chi connectivity index (χ0) is 19.5. The molecule has 0 unspecified atom stereocenters. The van der Waals surface area contributed by atoms with Crippen molar-refractivity contribution < 1.29 is 0 Å². The normalized spacial score (nSPS) is 21.1. The van der Waals surface area contributed by atoms with Crippen LogP contribution in [0.3, 0.4) is 0 Å². The first kappa shape index (κ1) is 23.4. The van der Waals surface area contributed by atoms with Crippen LogP contribution in [0.5, 0.6) is 0 Å². The molecule has 0 bridgehead atoms. The lowest BCUT2D eigenvalue weighted by atomic mass is 9.78. The van der Waals surface area contributed by atoms with Gasteiger partial charge in [0.05, 0.1) is 0 Å². The zero-order valence-corrected chi connectivity index (χ0v) is 19.2. The van der Waals surface area contributed by atoms with Crippen molar-refractivity contribution >= 4 is 36.9 Å². The summed E-state index contributed by atoms with van der Waals surface area (Å²) < 4.78 is 0. The molecule has 0 radical (unpaired) electrons. The summed E-state index contributed by atoms with van der Waals surface area (Å²) in [4.78, 5) is 5.03. The standard InChI is InChI=1S/C21H36ClN3S2/c1-24-12-8-21(18-4-6-20(22)7-5-18)19(17-24)3-2-11-25(14-16-27)13-9-23-10-15-26/h4-7,19,21,23,26-27H,2-3,8-17H2,1H3/t19-,21-/m1/s1. The van der Waals surface area contributed by atoms with Gasteiger partial charge >= 0.3 is 0 Å². The Balaban J connectivity index is 1.84. The summed E-state index contributed by atoms with van der Waals surface area (Å²) in [5.74, 6) is 3.21. The highest BCUT2D eigenvalue weighted by Crippen LogP contribution is 2.35. The molecule has 1 N–H and O–H groups in total. The summed E-state index contributed by atoms with van der Waals surface area (Å²) >= 11 is 14.8. The third kappa shape index (κ3) is 8.55. The van der Waals surface area contributed by atoms with Crippen molar-refractivity contribution in [2.75, 3.05) is 64.4 Å². The van der Waals surface area contributed by atoms with Gasteiger partial charge in [-0.1, -0.05) is 23.7 Å². The van der Waals surface area contributed by atoms with Crippen LogP contribution in [0.25, 0.3) is 0 Å². The molecule has 1 heterocycles. The van der Waals surface area contributed by atoms with E-state index in [9.17, 15) is 0 Å². The van der Waals surface area contributed by atoms with E-state index in [0.29, 0.717) is 5.92 Å². The minimum atomic E-state index is 0.661. The molecule has 0 saturated carbocycles. The van der Waals surface area contributed by atoms with Crippen molar-refractivity contribution in [2.24, 2.45) is 5.92 Å². The van der Waals surface area contributed by atoms with E-state index in [4.69, 9.17) is 11.6 Å². The van der Waals surface area contributed by atoms with Crippen LogP contribution in [0, 0.1) is 5.92 Å². The second kappa shape index (κ2) is 13.3. The van der Waals surface area contributed by atoms with Crippen LogP contribution in [0.2, 0.25) is 5.02 Å². The molecule has 1 fully saturated rings. The largest absolute Gasteiger partial charge is 0.315 e. The quantitative estimate of drug-likeness (QED) is 0.346. The van der Waals surface area contributed by atoms with E-state index < -0.39 is 0 Å². The van der Waals surface area contributed by atoms with Crippen LogP contribution in [0.15, 0.2) is 24.3 Å². The van der Waals surface area contributed by atoms with Crippen molar-refractivity contribution in [1.82, 2.24) is 15.1 Å². The fourth-order valence-electron chi connectivity index (χ4n) is 4.15. The molecule has 27 heavy (non-hydrogen) atoms. The van der Waals surface area contributed by atoms with Gasteiger partial charge in [-0.05, 0) is 68.9 Å². The van der Waals surface area contributed by atoms with E-state index in [1.807, 2.05) is 12.1 Å². The van der Waals surface area contributed by atoms with Crippen molar-refractivity contribution in [3.05, 3.63) is 34.9 Å². The van der Waals surface area contributed by atoms with E-state index in [1.54, 1.807) is 0 Å². The second-order valence-corrected chi connectivity index (χ2v) is 8.98. The van der Waals surface area contributed by atoms with E-state index >= 15 is 0 Å². The Morgan fingerprint density at radius 2 is 1.89 bits per heavy atom. The lowest BCUT2D eigenvalue weighted by Gasteiger charge is -2.37. The van der Waals surface area contributed by atoms with Gasteiger partial charge in [0.15, 0.2) is 0 Å². The molecule has 1 aliphatic rings. The maximum absolute atomic E-state index is 6.09. The molecule has 1 aliphatic heterocycles. The zero-order valence-electron chi connectivity index (χ0n) is 16.6. The third-order valence-corrected chi connectivity index (χ3v) is 6.27. The number of likely N-dealkylation sites (tertiary alicyclic amines) is 1. The predicted octanol–water partition coefficient (Wildman–Crippen LogP) is 3.91. The molecule has 6 heteroatoms. The van der Waals surface area contributed by atoms with Gasteiger partial charge < -0.3 is 15.1 Å². The van der Waals surface area contributed by atoms with Gasteiger partial charge in [-0.25, -0.2) is 0 Å². The Morgan fingerprint density at radius 3 is 2.59 bits per heavy atom. The molecular weight excluding hydrogens is 394 g/mol. The summed E-state index contributed by atoms with van der Waals surface area (Å²) in [6.07, 6.45) is 3.78. The number of hydrogen-bond acceptors (Lipinski definition) is 5. The number of hydrogen-bond donors (Lipinski definition) is 3. The highest BCUT2D eigenvalue weighted by molar-refractivity contribution is 7.80. The van der Waals surface area contributed by atoms with Gasteiger partial charge in [-0.2, -0.15) is 25.3 Å². The number of thiol groups is 2. The maximum Gasteiger partial charge on any atom is 0.0406 e. The van der Waals surface area contributed by atoms with Gasteiger partial charge in [-0.15, -0.1) is 0 Å². The van der Waals surface area contributed by atoms with Crippen molar-refractivity contribution in [2.45, 2.75) is 25.2 Å². The minimum Gasteiger partial charge on any atom is -0.315 e. The van der Waals surface area contributed by atoms with Gasteiger partial charge in [0.1, 0.15) is 0 Å². The molecule has 1 aromatic rings. The molecule has 3 nitrogen and oxygen atoms in total. The van der Waals surface area contributed by atoms with Crippen molar-refractivity contribution in [1.29, 1.82) is 0 Å². The van der Waals surface area contributed by atoms with Crippen LogP contribution in [-0.2, 0) is 0 Å². The van der Waals surface area contributed by atoms with Crippen molar-refractivity contribution in [3.63, 3.8) is 0 Å². The Kier molecular flexibility index (Phi) is 11.5. The Labute approximate surface area is 182 Å². The second-order valence-electron chi connectivity index (χ2n) is 7.65. The van der Waals surface area contributed by atoms with Crippen LogP contribution in [0.1, 0.15) is 30.7 Å². The lowest BCUT2D eigenvalue weighted by Crippen LogP contribution is -2.38. The summed E-state index contributed by atoms with van der Waals surface area (Å²) in [7, 11) is 2.26. The Hall–Kier alpha value is 0.0900. The molecule has 1 aromatic carbocycles. The van der Waals surface area contributed by atoms with E-state index in [0.717, 1.165) is 55.2 Å². The smallest absolute Gasteiger partial charge is 0.0406 e. The summed E-state index contributed by atoms with van der Waals surface area (Å²) in [5, 5.41) is 4.27. The SMILES string of the molecule is CN1CC[C@H](c2ccc(Cl)cc2)[C@H](CCCN(CCS)CCNCCS)C1. The van der Waals surface area contributed by atoms with Crippen LogP contribution in [-0.4, -0.2) is 74.2 Å². The van der Waals surface area contributed by atoms with Crippen LogP contribution in [0.4, 0.5) is 0 Å². The molecule has 1 saturated heterocycles. The van der Waals surface area contributed by atoms with Gasteiger partial charge in [0.2, 0.25) is 0 Å². The number of piperidine rings is 1. The Morgan fingerprint density at radius 1 is 1.11 bits per heavy atom. The Bertz CT molecular complexity index is 515. The summed E-state index contributed by atoms with van der Waals surface area (Å²) in [6, 6.07) is 8.54. The average Bonchev–Trinajstić information content (AvgIpc) is 2.66. The molecule has 0 amide bonds. The van der Waals surface area contributed by atoms with Gasteiger partial charge in [0.25, 0.3) is 0 Å². The predicted molar refractivity (Wildman–Crippen MR) is 126 cm³/mol. The number of rotatable bonds is 12. The number of nitrogens with zero attached hydrogens (tertiary/aromatic N) is 2. The van der Waals surface area contributed by atoms with Crippen LogP contribution < -0.4 is 5.32 Å². The van der Waals surface area contributed by atoms with E-state index in [2.05, 4.69) is 59.6 Å². The van der Waals surface area contributed by atoms with Crippen molar-refractivity contribution in [3.8, 4) is 0 Å². The van der Waals surface area contributed by atoms with E-state index in [1.165, 1.54) is 37.9 Å². The van der Waals surface area contributed by atoms with Gasteiger partial charge in [0, 0.05) is 49.3 Å².